The Morgan fingerprint density at radius 1 is 0.971 bits per heavy atom. The van der Waals surface area contributed by atoms with Gasteiger partial charge < -0.3 is 23.8 Å². The van der Waals surface area contributed by atoms with Crippen molar-refractivity contribution in [1.82, 2.24) is 4.90 Å². The highest BCUT2D eigenvalue weighted by Gasteiger charge is 2.33. The van der Waals surface area contributed by atoms with Crippen LogP contribution in [0.5, 0.6) is 23.0 Å². The molecular weight excluding hydrogens is 496 g/mol. The Kier molecular flexibility index (Phi) is 7.88. The van der Waals surface area contributed by atoms with E-state index in [0.717, 1.165) is 11.1 Å². The molecule has 0 bridgehead atoms. The Morgan fingerprint density at radius 3 is 2.37 bits per heavy atom. The summed E-state index contributed by atoms with van der Waals surface area (Å²) in [5.41, 5.74) is 1.91. The van der Waals surface area contributed by atoms with Crippen molar-refractivity contribution in [3.8, 4) is 23.0 Å². The van der Waals surface area contributed by atoms with Crippen molar-refractivity contribution in [3.63, 3.8) is 0 Å². The molecule has 0 N–H and O–H groups in total. The van der Waals surface area contributed by atoms with Gasteiger partial charge in [0.15, 0.2) is 18.1 Å². The number of benzene rings is 3. The van der Waals surface area contributed by atoms with E-state index >= 15 is 0 Å². The van der Waals surface area contributed by atoms with Crippen molar-refractivity contribution in [1.29, 1.82) is 0 Å². The topological polar surface area (TPSA) is 57.2 Å². The molecule has 0 saturated heterocycles. The van der Waals surface area contributed by atoms with E-state index in [9.17, 15) is 9.18 Å². The summed E-state index contributed by atoms with van der Waals surface area (Å²) in [5, 5.41) is 0.797. The summed E-state index contributed by atoms with van der Waals surface area (Å²) in [6.07, 6.45) is 0.621. The maximum Gasteiger partial charge on any atom is 0.261 e. The first-order valence-electron chi connectivity index (χ1n) is 10.9. The molecule has 3 aromatic carbocycles. The molecule has 9 heteroatoms. The van der Waals surface area contributed by atoms with Gasteiger partial charge in [0, 0.05) is 11.6 Å². The Hall–Kier alpha value is -3.16. The van der Waals surface area contributed by atoms with Crippen LogP contribution < -0.4 is 18.9 Å². The number of nitrogens with zero attached hydrogens (tertiary/aromatic N) is 1. The van der Waals surface area contributed by atoms with E-state index in [4.69, 9.17) is 42.1 Å². The summed E-state index contributed by atoms with van der Waals surface area (Å²) >= 11 is 12.1. The van der Waals surface area contributed by atoms with Gasteiger partial charge in [-0.1, -0.05) is 23.2 Å². The second-order valence-corrected chi connectivity index (χ2v) is 8.73. The lowest BCUT2D eigenvalue weighted by Gasteiger charge is -2.37. The SMILES string of the molecule is COc1cc2c(cc1OC)C(COc1ccc(F)cc1)N(C(=O)COc1ccc(Cl)cc1Cl)CC2. The van der Waals surface area contributed by atoms with Gasteiger partial charge in [-0.15, -0.1) is 0 Å². The molecule has 1 atom stereocenters. The first-order valence-corrected chi connectivity index (χ1v) is 11.7. The molecular formula is C26H24Cl2FNO5. The molecule has 1 heterocycles. The van der Waals surface area contributed by atoms with Gasteiger partial charge in [-0.3, -0.25) is 4.79 Å². The van der Waals surface area contributed by atoms with Crippen LogP contribution in [0.1, 0.15) is 17.2 Å². The smallest absolute Gasteiger partial charge is 0.261 e. The molecule has 0 spiro atoms. The summed E-state index contributed by atoms with van der Waals surface area (Å²) in [6, 6.07) is 13.9. The lowest BCUT2D eigenvalue weighted by atomic mass is 9.92. The van der Waals surface area contributed by atoms with Crippen LogP contribution in [-0.2, 0) is 11.2 Å². The molecule has 0 fully saturated rings. The van der Waals surface area contributed by atoms with Gasteiger partial charge in [0.25, 0.3) is 5.91 Å². The number of hydrogen-bond donors (Lipinski definition) is 0. The summed E-state index contributed by atoms with van der Waals surface area (Å²) in [7, 11) is 3.14. The minimum atomic E-state index is -0.430. The van der Waals surface area contributed by atoms with Crippen molar-refractivity contribution in [2.45, 2.75) is 12.5 Å². The molecule has 0 aromatic heterocycles. The highest BCUT2D eigenvalue weighted by molar-refractivity contribution is 6.35. The fourth-order valence-electron chi connectivity index (χ4n) is 4.03. The van der Waals surface area contributed by atoms with Crippen LogP contribution in [-0.4, -0.2) is 44.8 Å². The van der Waals surface area contributed by atoms with Crippen molar-refractivity contribution < 1.29 is 28.1 Å². The standard InChI is InChI=1S/C26H24Cl2FNO5/c1-32-24-11-16-9-10-30(26(31)15-35-23-8-3-17(27)12-21(23)28)22(20(16)13-25(24)33-2)14-34-19-6-4-18(29)5-7-19/h3-8,11-13,22H,9-10,14-15H2,1-2H3. The average Bonchev–Trinajstić information content (AvgIpc) is 2.86. The van der Waals surface area contributed by atoms with E-state index in [1.807, 2.05) is 12.1 Å². The van der Waals surface area contributed by atoms with Gasteiger partial charge in [-0.05, 0) is 72.1 Å². The zero-order valence-electron chi connectivity index (χ0n) is 19.2. The number of amides is 1. The first-order chi connectivity index (χ1) is 16.9. The molecule has 0 radical (unpaired) electrons. The second-order valence-electron chi connectivity index (χ2n) is 7.89. The highest BCUT2D eigenvalue weighted by Crippen LogP contribution is 2.38. The largest absolute Gasteiger partial charge is 0.493 e. The third kappa shape index (κ3) is 5.74. The summed E-state index contributed by atoms with van der Waals surface area (Å²) in [5.74, 6) is 1.44. The van der Waals surface area contributed by atoms with Gasteiger partial charge in [0.1, 0.15) is 23.9 Å². The highest BCUT2D eigenvalue weighted by atomic mass is 35.5. The average molecular weight is 520 g/mol. The molecule has 0 aliphatic carbocycles. The minimum absolute atomic E-state index is 0.154. The van der Waals surface area contributed by atoms with E-state index in [-0.39, 0.29) is 24.9 Å². The van der Waals surface area contributed by atoms with Crippen molar-refractivity contribution in [2.24, 2.45) is 0 Å². The quantitative estimate of drug-likeness (QED) is 0.380. The zero-order valence-corrected chi connectivity index (χ0v) is 20.7. The van der Waals surface area contributed by atoms with E-state index in [1.54, 1.807) is 49.5 Å². The number of carbonyl (C=O) groups is 1. The molecule has 1 amide bonds. The van der Waals surface area contributed by atoms with Crippen LogP contribution in [0.15, 0.2) is 54.6 Å². The third-order valence-electron chi connectivity index (χ3n) is 5.79. The maximum atomic E-state index is 13.3. The summed E-state index contributed by atoms with van der Waals surface area (Å²) in [4.78, 5) is 15.0. The van der Waals surface area contributed by atoms with Gasteiger partial charge in [-0.2, -0.15) is 0 Å². The molecule has 184 valence electrons. The van der Waals surface area contributed by atoms with Crippen LogP contribution in [0.25, 0.3) is 0 Å². The van der Waals surface area contributed by atoms with E-state index in [2.05, 4.69) is 0 Å². The molecule has 4 rings (SSSR count). The van der Waals surface area contributed by atoms with Crippen molar-refractivity contribution in [2.75, 3.05) is 34.0 Å². The minimum Gasteiger partial charge on any atom is -0.493 e. The molecule has 0 saturated carbocycles. The zero-order chi connectivity index (χ0) is 24.9. The normalized spacial score (nSPS) is 14.8. The third-order valence-corrected chi connectivity index (χ3v) is 6.32. The van der Waals surface area contributed by atoms with Crippen LogP contribution in [0.4, 0.5) is 4.39 Å². The van der Waals surface area contributed by atoms with Crippen LogP contribution in [0.3, 0.4) is 0 Å². The van der Waals surface area contributed by atoms with Gasteiger partial charge >= 0.3 is 0 Å². The molecule has 1 aliphatic rings. The van der Waals surface area contributed by atoms with Gasteiger partial charge in [-0.25, -0.2) is 4.39 Å². The number of halogens is 3. The lowest BCUT2D eigenvalue weighted by molar-refractivity contribution is -0.137. The molecule has 6 nitrogen and oxygen atoms in total. The predicted octanol–water partition coefficient (Wildman–Crippen LogP) is 5.73. The van der Waals surface area contributed by atoms with Gasteiger partial charge in [0.2, 0.25) is 0 Å². The number of methoxy groups -OCH3 is 2. The second kappa shape index (κ2) is 11.1. The Balaban J connectivity index is 1.59. The Morgan fingerprint density at radius 2 is 1.69 bits per heavy atom. The van der Waals surface area contributed by atoms with Crippen LogP contribution in [0.2, 0.25) is 10.0 Å². The monoisotopic (exact) mass is 519 g/mol. The number of fused-ring (bicyclic) bond motifs is 1. The van der Waals surface area contributed by atoms with Gasteiger partial charge in [0.05, 0.1) is 25.3 Å². The van der Waals surface area contributed by atoms with Crippen LogP contribution >= 0.6 is 23.2 Å². The Labute approximate surface area is 213 Å². The molecule has 3 aromatic rings. The van der Waals surface area contributed by atoms with E-state index in [1.165, 1.54) is 12.1 Å². The fourth-order valence-corrected chi connectivity index (χ4v) is 4.49. The van der Waals surface area contributed by atoms with Crippen molar-refractivity contribution >= 4 is 29.1 Å². The lowest BCUT2D eigenvalue weighted by Crippen LogP contribution is -2.44. The molecule has 1 aliphatic heterocycles. The number of rotatable bonds is 8. The summed E-state index contributed by atoms with van der Waals surface area (Å²) < 4.78 is 35.9. The maximum absolute atomic E-state index is 13.3. The molecule has 1 unspecified atom stereocenters. The first kappa shape index (κ1) is 24.9. The van der Waals surface area contributed by atoms with E-state index < -0.39 is 6.04 Å². The number of ether oxygens (including phenoxy) is 4. The summed E-state index contributed by atoms with van der Waals surface area (Å²) in [6.45, 7) is 0.398. The number of hydrogen-bond acceptors (Lipinski definition) is 5. The Bertz CT molecular complexity index is 1210. The van der Waals surface area contributed by atoms with Crippen molar-refractivity contribution in [3.05, 3.63) is 81.6 Å². The fraction of sp³-hybridized carbons (Fsp3) is 0.269. The van der Waals surface area contributed by atoms with E-state index in [0.29, 0.717) is 46.0 Å². The number of carbonyl (C=O) groups excluding carboxylic acids is 1. The molecule has 35 heavy (non-hydrogen) atoms. The predicted molar refractivity (Wildman–Crippen MR) is 132 cm³/mol. The van der Waals surface area contributed by atoms with Crippen LogP contribution in [0, 0.1) is 5.82 Å².